The minimum absolute atomic E-state index is 0.0222. The Bertz CT molecular complexity index is 642. The summed E-state index contributed by atoms with van der Waals surface area (Å²) in [6.45, 7) is 3.47. The van der Waals surface area contributed by atoms with E-state index in [4.69, 9.17) is 5.11 Å². The number of aliphatic carboxylic acids is 1. The minimum atomic E-state index is -1.27. The average molecular weight is 286 g/mol. The first-order valence-electron chi connectivity index (χ1n) is 6.80. The Balaban J connectivity index is 2.45. The van der Waals surface area contributed by atoms with Crippen molar-refractivity contribution in [1.82, 2.24) is 0 Å². The highest BCUT2D eigenvalue weighted by Crippen LogP contribution is 2.40. The Kier molecular flexibility index (Phi) is 4.09. The second-order valence-electron chi connectivity index (χ2n) is 5.46. The number of carbonyl (C=O) groups is 2. The average Bonchev–Trinajstić information content (AvgIpc) is 2.42. The van der Waals surface area contributed by atoms with Crippen LogP contribution in [0.15, 0.2) is 48.1 Å². The van der Waals surface area contributed by atoms with Crippen LogP contribution in [-0.4, -0.2) is 22.0 Å². The number of ketones is 1. The zero-order valence-electron chi connectivity index (χ0n) is 12.0. The van der Waals surface area contributed by atoms with Gasteiger partial charge in [-0.3, -0.25) is 4.79 Å². The van der Waals surface area contributed by atoms with Crippen molar-refractivity contribution >= 4 is 11.8 Å². The van der Waals surface area contributed by atoms with Crippen LogP contribution in [0.2, 0.25) is 0 Å². The van der Waals surface area contributed by atoms with Gasteiger partial charge < -0.3 is 10.2 Å². The lowest BCUT2D eigenvalue weighted by Gasteiger charge is -2.37. The molecule has 0 unspecified atom stereocenters. The molecule has 0 heterocycles. The van der Waals surface area contributed by atoms with Crippen LogP contribution in [0.5, 0.6) is 0 Å². The third-order valence-electron chi connectivity index (χ3n) is 3.85. The van der Waals surface area contributed by atoms with Crippen LogP contribution in [-0.2, 0) is 10.4 Å². The van der Waals surface area contributed by atoms with Crippen molar-refractivity contribution in [3.63, 3.8) is 0 Å². The predicted octanol–water partition coefficient (Wildman–Crippen LogP) is 2.68. The van der Waals surface area contributed by atoms with E-state index in [-0.39, 0.29) is 18.1 Å². The van der Waals surface area contributed by atoms with E-state index in [2.05, 4.69) is 0 Å². The van der Waals surface area contributed by atoms with Crippen LogP contribution < -0.4 is 0 Å². The topological polar surface area (TPSA) is 74.6 Å². The molecule has 2 rings (SSSR count). The summed E-state index contributed by atoms with van der Waals surface area (Å²) in [6, 6.07) is 7.00. The molecule has 0 radical (unpaired) electrons. The van der Waals surface area contributed by atoms with Gasteiger partial charge in [0.1, 0.15) is 5.60 Å². The van der Waals surface area contributed by atoms with Gasteiger partial charge >= 0.3 is 5.97 Å². The molecule has 4 nitrogen and oxygen atoms in total. The first-order valence-corrected chi connectivity index (χ1v) is 6.80. The largest absolute Gasteiger partial charge is 0.478 e. The molecular weight excluding hydrogens is 268 g/mol. The highest BCUT2D eigenvalue weighted by molar-refractivity contribution is 5.99. The molecule has 0 bridgehead atoms. The smallest absolute Gasteiger partial charge is 0.328 e. The van der Waals surface area contributed by atoms with Crippen LogP contribution in [0.3, 0.4) is 0 Å². The normalized spacial score (nSPS) is 26.0. The number of aliphatic hydroxyl groups is 1. The van der Waals surface area contributed by atoms with Gasteiger partial charge in [-0.1, -0.05) is 37.3 Å². The van der Waals surface area contributed by atoms with Gasteiger partial charge in [0.25, 0.3) is 0 Å². The number of hydrogen-bond donors (Lipinski definition) is 2. The third-order valence-corrected chi connectivity index (χ3v) is 3.85. The SMILES string of the molecule is CC(=C/C(=O)O)/C=C/[C@@]1(O)c2ccccc2C(=O)C[C@H]1C. The molecule has 0 saturated carbocycles. The van der Waals surface area contributed by atoms with Gasteiger partial charge in [0.15, 0.2) is 5.78 Å². The van der Waals surface area contributed by atoms with Crippen molar-refractivity contribution in [1.29, 1.82) is 0 Å². The standard InChI is InChI=1S/C17H18O4/c1-11(9-16(19)20)7-8-17(21)12(2)10-15(18)13-5-3-4-6-14(13)17/h3-9,12,21H,10H2,1-2H3,(H,19,20)/b8-7+,11-9-/t12-,17+/m1/s1. The first kappa shape index (κ1) is 15.2. The molecular formula is C17H18O4. The first-order chi connectivity index (χ1) is 9.84. The van der Waals surface area contributed by atoms with Crippen molar-refractivity contribution in [2.75, 3.05) is 0 Å². The fourth-order valence-corrected chi connectivity index (χ4v) is 2.64. The maximum atomic E-state index is 12.0. The van der Waals surface area contributed by atoms with E-state index in [0.29, 0.717) is 16.7 Å². The zero-order chi connectivity index (χ0) is 15.6. The van der Waals surface area contributed by atoms with E-state index in [0.717, 1.165) is 6.08 Å². The van der Waals surface area contributed by atoms with Crippen LogP contribution in [0.4, 0.5) is 0 Å². The highest BCUT2D eigenvalue weighted by atomic mass is 16.4. The molecule has 0 aromatic heterocycles. The Labute approximate surface area is 123 Å². The molecule has 0 saturated heterocycles. The van der Waals surface area contributed by atoms with Gasteiger partial charge in [0.05, 0.1) is 0 Å². The summed E-state index contributed by atoms with van der Waals surface area (Å²) in [6.07, 6.45) is 4.50. The zero-order valence-corrected chi connectivity index (χ0v) is 12.0. The summed E-state index contributed by atoms with van der Waals surface area (Å²) in [5.41, 5.74) is 0.367. The molecule has 0 fully saturated rings. The molecule has 1 aliphatic rings. The molecule has 4 heteroatoms. The minimum Gasteiger partial charge on any atom is -0.478 e. The van der Waals surface area contributed by atoms with Gasteiger partial charge in [-0.15, -0.1) is 0 Å². The number of benzene rings is 1. The second-order valence-corrected chi connectivity index (χ2v) is 5.46. The Hall–Kier alpha value is -2.20. The van der Waals surface area contributed by atoms with E-state index in [1.807, 2.05) is 6.92 Å². The van der Waals surface area contributed by atoms with Gasteiger partial charge in [-0.2, -0.15) is 0 Å². The number of Topliss-reactive ketones (excluding diaryl/α,β-unsaturated/α-hetero) is 1. The molecule has 1 aromatic rings. The van der Waals surface area contributed by atoms with E-state index in [9.17, 15) is 14.7 Å². The van der Waals surface area contributed by atoms with E-state index >= 15 is 0 Å². The Morgan fingerprint density at radius 1 is 1.38 bits per heavy atom. The summed E-state index contributed by atoms with van der Waals surface area (Å²) in [5.74, 6) is -1.28. The van der Waals surface area contributed by atoms with Gasteiger partial charge in [0.2, 0.25) is 0 Å². The summed E-state index contributed by atoms with van der Waals surface area (Å²) in [5, 5.41) is 19.7. The van der Waals surface area contributed by atoms with Crippen LogP contribution in [0, 0.1) is 5.92 Å². The molecule has 21 heavy (non-hydrogen) atoms. The number of carbonyl (C=O) groups excluding carboxylic acids is 1. The Morgan fingerprint density at radius 2 is 2.05 bits per heavy atom. The molecule has 110 valence electrons. The number of hydrogen-bond acceptors (Lipinski definition) is 3. The fourth-order valence-electron chi connectivity index (χ4n) is 2.64. The summed E-state index contributed by atoms with van der Waals surface area (Å²) in [7, 11) is 0. The molecule has 2 atom stereocenters. The summed E-state index contributed by atoms with van der Waals surface area (Å²) < 4.78 is 0. The summed E-state index contributed by atoms with van der Waals surface area (Å²) in [4.78, 5) is 22.7. The van der Waals surface area contributed by atoms with Crippen molar-refractivity contribution in [2.24, 2.45) is 5.92 Å². The number of rotatable bonds is 3. The maximum absolute atomic E-state index is 12.0. The van der Waals surface area contributed by atoms with Gasteiger partial charge in [-0.05, 0) is 30.1 Å². The predicted molar refractivity (Wildman–Crippen MR) is 79.0 cm³/mol. The maximum Gasteiger partial charge on any atom is 0.328 e. The molecule has 1 aromatic carbocycles. The lowest BCUT2D eigenvalue weighted by atomic mass is 9.71. The van der Waals surface area contributed by atoms with Crippen LogP contribution in [0.1, 0.15) is 36.2 Å². The van der Waals surface area contributed by atoms with Crippen molar-refractivity contribution in [3.05, 3.63) is 59.2 Å². The molecule has 0 aliphatic heterocycles. The quantitative estimate of drug-likeness (QED) is 0.661. The fraction of sp³-hybridized carbons (Fsp3) is 0.294. The third kappa shape index (κ3) is 2.95. The molecule has 0 spiro atoms. The number of fused-ring (bicyclic) bond motifs is 1. The van der Waals surface area contributed by atoms with Crippen LogP contribution >= 0.6 is 0 Å². The molecule has 2 N–H and O–H groups in total. The van der Waals surface area contributed by atoms with Crippen LogP contribution in [0.25, 0.3) is 0 Å². The number of carboxylic acid groups (broad SMARTS) is 1. The van der Waals surface area contributed by atoms with Gasteiger partial charge in [-0.25, -0.2) is 4.79 Å². The van der Waals surface area contributed by atoms with E-state index in [1.165, 1.54) is 0 Å². The second kappa shape index (κ2) is 5.66. The van der Waals surface area contributed by atoms with Crippen molar-refractivity contribution in [2.45, 2.75) is 25.9 Å². The number of allylic oxidation sites excluding steroid dienone is 2. The Morgan fingerprint density at radius 3 is 2.71 bits per heavy atom. The highest BCUT2D eigenvalue weighted by Gasteiger charge is 2.41. The molecule has 0 amide bonds. The van der Waals surface area contributed by atoms with Crippen molar-refractivity contribution in [3.8, 4) is 0 Å². The summed E-state index contributed by atoms with van der Waals surface area (Å²) >= 11 is 0. The van der Waals surface area contributed by atoms with Gasteiger partial charge in [0, 0.05) is 18.1 Å². The number of carboxylic acids is 1. The lowest BCUT2D eigenvalue weighted by Crippen LogP contribution is -2.38. The van der Waals surface area contributed by atoms with Crippen molar-refractivity contribution < 1.29 is 19.8 Å². The van der Waals surface area contributed by atoms with E-state index in [1.54, 1.807) is 43.3 Å². The molecule has 1 aliphatic carbocycles. The van der Waals surface area contributed by atoms with E-state index < -0.39 is 11.6 Å². The monoisotopic (exact) mass is 286 g/mol. The lowest BCUT2D eigenvalue weighted by molar-refractivity contribution is -0.131.